The van der Waals surface area contributed by atoms with Gasteiger partial charge in [0.15, 0.2) is 6.61 Å². The van der Waals surface area contributed by atoms with Gasteiger partial charge in [0.25, 0.3) is 5.91 Å². The molecule has 1 amide bonds. The van der Waals surface area contributed by atoms with Crippen LogP contribution in [0.2, 0.25) is 5.02 Å². The summed E-state index contributed by atoms with van der Waals surface area (Å²) >= 11 is 6.00. The summed E-state index contributed by atoms with van der Waals surface area (Å²) in [5, 5.41) is 3.69. The van der Waals surface area contributed by atoms with E-state index in [9.17, 15) is 4.79 Å². The summed E-state index contributed by atoms with van der Waals surface area (Å²) in [7, 11) is 0. The number of carbonyl (C=O) groups is 1. The molecule has 1 aromatic heterocycles. The van der Waals surface area contributed by atoms with Crippen LogP contribution < -0.4 is 10.1 Å². The average Bonchev–Trinajstić information content (AvgIpc) is 3.16. The lowest BCUT2D eigenvalue weighted by atomic mass is 10.0. The van der Waals surface area contributed by atoms with Gasteiger partial charge < -0.3 is 15.0 Å². The van der Waals surface area contributed by atoms with E-state index in [0.717, 1.165) is 17.0 Å². The molecule has 1 atom stereocenters. The van der Waals surface area contributed by atoms with E-state index >= 15 is 0 Å². The highest BCUT2D eigenvalue weighted by atomic mass is 35.5. The number of benzene rings is 2. The summed E-state index contributed by atoms with van der Waals surface area (Å²) in [5.74, 6) is 1.23. The summed E-state index contributed by atoms with van der Waals surface area (Å²) in [4.78, 5) is 19.7. The zero-order chi connectivity index (χ0) is 18.4. The first kappa shape index (κ1) is 18.0. The SMILES string of the molecule is Cc1cc(OCC(=O)N[C@@H](Cc2ncc[nH]2)c2ccccc2)ccc1Cl. The average molecular weight is 370 g/mol. The van der Waals surface area contributed by atoms with Crippen molar-refractivity contribution in [1.29, 1.82) is 0 Å². The van der Waals surface area contributed by atoms with E-state index in [-0.39, 0.29) is 18.6 Å². The largest absolute Gasteiger partial charge is 0.484 e. The Morgan fingerprint density at radius 3 is 2.77 bits per heavy atom. The molecule has 0 fully saturated rings. The number of nitrogens with one attached hydrogen (secondary N) is 2. The van der Waals surface area contributed by atoms with Crippen LogP contribution in [0.4, 0.5) is 0 Å². The van der Waals surface area contributed by atoms with Crippen molar-refractivity contribution in [2.24, 2.45) is 0 Å². The smallest absolute Gasteiger partial charge is 0.258 e. The Bertz CT molecular complexity index is 851. The molecule has 3 rings (SSSR count). The number of aromatic nitrogens is 2. The molecule has 0 aliphatic heterocycles. The van der Waals surface area contributed by atoms with E-state index in [2.05, 4.69) is 15.3 Å². The molecule has 0 aliphatic rings. The van der Waals surface area contributed by atoms with Gasteiger partial charge in [-0.2, -0.15) is 0 Å². The van der Waals surface area contributed by atoms with Crippen molar-refractivity contribution in [3.8, 4) is 5.75 Å². The van der Waals surface area contributed by atoms with E-state index in [1.54, 1.807) is 24.5 Å². The van der Waals surface area contributed by atoms with Crippen molar-refractivity contribution in [3.63, 3.8) is 0 Å². The highest BCUT2D eigenvalue weighted by Gasteiger charge is 2.16. The minimum Gasteiger partial charge on any atom is -0.484 e. The van der Waals surface area contributed by atoms with Crippen LogP contribution >= 0.6 is 11.6 Å². The molecule has 0 radical (unpaired) electrons. The van der Waals surface area contributed by atoms with Crippen LogP contribution in [0.1, 0.15) is 23.0 Å². The Morgan fingerprint density at radius 1 is 1.27 bits per heavy atom. The van der Waals surface area contributed by atoms with Crippen molar-refractivity contribution < 1.29 is 9.53 Å². The number of halogens is 1. The molecule has 5 nitrogen and oxygen atoms in total. The summed E-state index contributed by atoms with van der Waals surface area (Å²) in [6.45, 7) is 1.83. The number of amides is 1. The first-order chi connectivity index (χ1) is 12.6. The monoisotopic (exact) mass is 369 g/mol. The van der Waals surface area contributed by atoms with Gasteiger partial charge in [-0.3, -0.25) is 4.79 Å². The van der Waals surface area contributed by atoms with Crippen LogP contribution in [0, 0.1) is 6.92 Å². The molecule has 1 heterocycles. The van der Waals surface area contributed by atoms with Gasteiger partial charge in [-0.05, 0) is 36.2 Å². The van der Waals surface area contributed by atoms with E-state index in [1.165, 1.54) is 0 Å². The quantitative estimate of drug-likeness (QED) is 0.664. The summed E-state index contributed by atoms with van der Waals surface area (Å²) < 4.78 is 5.58. The van der Waals surface area contributed by atoms with Crippen LogP contribution in [0.15, 0.2) is 60.9 Å². The molecule has 2 N–H and O–H groups in total. The molecule has 26 heavy (non-hydrogen) atoms. The van der Waals surface area contributed by atoms with E-state index < -0.39 is 0 Å². The fourth-order valence-corrected chi connectivity index (χ4v) is 2.75. The normalized spacial score (nSPS) is 11.8. The standard InChI is InChI=1S/C20H20ClN3O2/c1-14-11-16(7-8-17(14)21)26-13-20(25)24-18(12-19-22-9-10-23-19)15-5-3-2-4-6-15/h2-11,18H,12-13H2,1H3,(H,22,23)(H,24,25)/t18-/m0/s1. The Kier molecular flexibility index (Phi) is 5.92. The molecule has 0 spiro atoms. The van der Waals surface area contributed by atoms with Crippen molar-refractivity contribution in [1.82, 2.24) is 15.3 Å². The van der Waals surface area contributed by atoms with E-state index in [0.29, 0.717) is 17.2 Å². The van der Waals surface area contributed by atoms with Gasteiger partial charge in [0, 0.05) is 23.8 Å². The number of ether oxygens (including phenoxy) is 1. The third kappa shape index (κ3) is 4.86. The molecule has 0 unspecified atom stereocenters. The number of hydrogen-bond donors (Lipinski definition) is 2. The lowest BCUT2D eigenvalue weighted by Crippen LogP contribution is -2.34. The van der Waals surface area contributed by atoms with Gasteiger partial charge in [0.2, 0.25) is 0 Å². The van der Waals surface area contributed by atoms with Gasteiger partial charge in [0.1, 0.15) is 11.6 Å². The predicted octanol–water partition coefficient (Wildman–Crippen LogP) is 3.85. The third-order valence-electron chi connectivity index (χ3n) is 3.99. The molecule has 0 saturated heterocycles. The maximum Gasteiger partial charge on any atom is 0.258 e. The lowest BCUT2D eigenvalue weighted by molar-refractivity contribution is -0.123. The number of aromatic amines is 1. The van der Waals surface area contributed by atoms with Crippen molar-refractivity contribution >= 4 is 17.5 Å². The summed E-state index contributed by atoms with van der Waals surface area (Å²) in [6, 6.07) is 14.9. The second-order valence-electron chi connectivity index (χ2n) is 5.97. The topological polar surface area (TPSA) is 67.0 Å². The minimum absolute atomic E-state index is 0.0669. The Morgan fingerprint density at radius 2 is 2.08 bits per heavy atom. The zero-order valence-electron chi connectivity index (χ0n) is 14.4. The van der Waals surface area contributed by atoms with E-state index in [1.807, 2.05) is 43.3 Å². The minimum atomic E-state index is -0.196. The third-order valence-corrected chi connectivity index (χ3v) is 4.41. The highest BCUT2D eigenvalue weighted by Crippen LogP contribution is 2.21. The Balaban J connectivity index is 1.64. The molecule has 134 valence electrons. The van der Waals surface area contributed by atoms with Crippen LogP contribution in [0.25, 0.3) is 0 Å². The van der Waals surface area contributed by atoms with Crippen molar-refractivity contribution in [3.05, 3.63) is 82.9 Å². The van der Waals surface area contributed by atoms with Crippen LogP contribution in [-0.2, 0) is 11.2 Å². The summed E-state index contributed by atoms with van der Waals surface area (Å²) in [6.07, 6.45) is 4.04. The Labute approximate surface area is 157 Å². The molecule has 0 saturated carbocycles. The number of rotatable bonds is 7. The van der Waals surface area contributed by atoms with Crippen LogP contribution in [0.5, 0.6) is 5.75 Å². The van der Waals surface area contributed by atoms with Gasteiger partial charge in [0.05, 0.1) is 6.04 Å². The summed E-state index contributed by atoms with van der Waals surface area (Å²) in [5.41, 5.74) is 1.92. The first-order valence-corrected chi connectivity index (χ1v) is 8.71. The first-order valence-electron chi connectivity index (χ1n) is 8.33. The van der Waals surface area contributed by atoms with Crippen molar-refractivity contribution in [2.75, 3.05) is 6.61 Å². The molecular weight excluding hydrogens is 350 g/mol. The second-order valence-corrected chi connectivity index (χ2v) is 6.38. The Hall–Kier alpha value is -2.79. The molecule has 2 aromatic carbocycles. The number of nitrogens with zero attached hydrogens (tertiary/aromatic N) is 1. The van der Waals surface area contributed by atoms with Gasteiger partial charge >= 0.3 is 0 Å². The molecule has 0 bridgehead atoms. The molecular formula is C20H20ClN3O2. The van der Waals surface area contributed by atoms with Gasteiger partial charge in [-0.15, -0.1) is 0 Å². The fourth-order valence-electron chi connectivity index (χ4n) is 2.63. The number of imidazole rings is 1. The number of hydrogen-bond acceptors (Lipinski definition) is 3. The van der Waals surface area contributed by atoms with Crippen LogP contribution in [-0.4, -0.2) is 22.5 Å². The number of carbonyl (C=O) groups excluding carboxylic acids is 1. The molecule has 3 aromatic rings. The second kappa shape index (κ2) is 8.54. The number of H-pyrrole nitrogens is 1. The maximum absolute atomic E-state index is 12.4. The lowest BCUT2D eigenvalue weighted by Gasteiger charge is -2.18. The van der Waals surface area contributed by atoms with Gasteiger partial charge in [-0.25, -0.2) is 4.98 Å². The molecule has 0 aliphatic carbocycles. The predicted molar refractivity (Wildman–Crippen MR) is 101 cm³/mol. The highest BCUT2D eigenvalue weighted by molar-refractivity contribution is 6.31. The molecule has 6 heteroatoms. The van der Waals surface area contributed by atoms with Crippen molar-refractivity contribution in [2.45, 2.75) is 19.4 Å². The number of aryl methyl sites for hydroxylation is 1. The van der Waals surface area contributed by atoms with Gasteiger partial charge in [-0.1, -0.05) is 41.9 Å². The van der Waals surface area contributed by atoms with E-state index in [4.69, 9.17) is 16.3 Å². The zero-order valence-corrected chi connectivity index (χ0v) is 15.2. The maximum atomic E-state index is 12.4. The fraction of sp³-hybridized carbons (Fsp3) is 0.200. The van der Waals surface area contributed by atoms with Crippen LogP contribution in [0.3, 0.4) is 0 Å².